The first-order valence-corrected chi connectivity index (χ1v) is 4.92. The van der Waals surface area contributed by atoms with Crippen LogP contribution in [0.25, 0.3) is 0 Å². The number of hydroxylamine groups is 1. The number of hydrogen-bond donors (Lipinski definition) is 1. The van der Waals surface area contributed by atoms with E-state index in [4.69, 9.17) is 9.47 Å². The molecule has 0 aliphatic rings. The van der Waals surface area contributed by atoms with Crippen LogP contribution in [-0.2, 0) is 11.4 Å². The Labute approximate surface area is 98.4 Å². The van der Waals surface area contributed by atoms with E-state index in [2.05, 4.69) is 10.3 Å². The minimum Gasteiger partial charge on any atom is -0.493 e. The molecule has 0 amide bonds. The number of nitrogens with one attached hydrogen (secondary N) is 1. The highest BCUT2D eigenvalue weighted by Crippen LogP contribution is 2.35. The number of hydrogen-bond acceptors (Lipinski definition) is 4. The molecule has 0 aromatic heterocycles. The molecule has 1 aromatic rings. The van der Waals surface area contributed by atoms with Gasteiger partial charge in [0.05, 0.1) is 21.3 Å². The van der Waals surface area contributed by atoms with Crippen LogP contribution in [0.5, 0.6) is 11.5 Å². The van der Waals surface area contributed by atoms with Crippen molar-refractivity contribution >= 4 is 0 Å². The second-order valence-electron chi connectivity index (χ2n) is 3.24. The average Bonchev–Trinajstić information content (AvgIpc) is 2.34. The van der Waals surface area contributed by atoms with Gasteiger partial charge in [-0.15, -0.1) is 0 Å². The number of benzene rings is 1. The molecule has 1 rings (SSSR count). The fourth-order valence-corrected chi connectivity index (χ4v) is 1.47. The molecule has 0 heterocycles. The van der Waals surface area contributed by atoms with Crippen molar-refractivity contribution < 1.29 is 23.1 Å². The molecule has 1 aromatic carbocycles. The lowest BCUT2D eigenvalue weighted by molar-refractivity contribution is 0.0858. The van der Waals surface area contributed by atoms with Gasteiger partial charge in [-0.05, 0) is 12.1 Å². The quantitative estimate of drug-likeness (QED) is 0.783. The monoisotopic (exact) mass is 247 g/mol. The van der Waals surface area contributed by atoms with Crippen LogP contribution in [0.3, 0.4) is 0 Å². The van der Waals surface area contributed by atoms with E-state index in [1.54, 1.807) is 0 Å². The van der Waals surface area contributed by atoms with Gasteiger partial charge in [0.1, 0.15) is 0 Å². The van der Waals surface area contributed by atoms with E-state index in [9.17, 15) is 8.78 Å². The molecule has 0 bridgehead atoms. The molecule has 0 fully saturated rings. The average molecular weight is 247 g/mol. The van der Waals surface area contributed by atoms with E-state index >= 15 is 0 Å². The standard InChI is InChI=1S/C11H15F2NO3/c1-15-9-5-7(11(12)13)4-8(6-14-17-3)10(9)16-2/h4-5,11,14H,6H2,1-3H3. The van der Waals surface area contributed by atoms with E-state index < -0.39 is 6.43 Å². The molecule has 0 radical (unpaired) electrons. The predicted octanol–water partition coefficient (Wildman–Crippen LogP) is 2.29. The van der Waals surface area contributed by atoms with Crippen LogP contribution in [0.4, 0.5) is 8.78 Å². The zero-order valence-electron chi connectivity index (χ0n) is 9.92. The zero-order valence-corrected chi connectivity index (χ0v) is 9.92. The Morgan fingerprint density at radius 1 is 1.18 bits per heavy atom. The molecule has 0 aliphatic heterocycles. The highest BCUT2D eigenvalue weighted by molar-refractivity contribution is 5.49. The van der Waals surface area contributed by atoms with Gasteiger partial charge in [-0.1, -0.05) is 0 Å². The summed E-state index contributed by atoms with van der Waals surface area (Å²) in [5.41, 5.74) is 3.01. The lowest BCUT2D eigenvalue weighted by atomic mass is 10.1. The van der Waals surface area contributed by atoms with Gasteiger partial charge in [-0.25, -0.2) is 8.78 Å². The number of methoxy groups -OCH3 is 2. The number of halogens is 2. The molecule has 96 valence electrons. The third kappa shape index (κ3) is 3.28. The minimum atomic E-state index is -2.56. The third-order valence-electron chi connectivity index (χ3n) is 2.24. The maximum atomic E-state index is 12.7. The van der Waals surface area contributed by atoms with Gasteiger partial charge >= 0.3 is 0 Å². The van der Waals surface area contributed by atoms with Gasteiger partial charge < -0.3 is 14.3 Å². The summed E-state index contributed by atoms with van der Waals surface area (Å²) in [6.07, 6.45) is -2.56. The third-order valence-corrected chi connectivity index (χ3v) is 2.24. The van der Waals surface area contributed by atoms with Crippen LogP contribution < -0.4 is 15.0 Å². The Morgan fingerprint density at radius 2 is 1.88 bits per heavy atom. The van der Waals surface area contributed by atoms with E-state index in [1.165, 1.54) is 33.5 Å². The van der Waals surface area contributed by atoms with Crippen molar-refractivity contribution in [1.82, 2.24) is 5.48 Å². The molecule has 0 aliphatic carbocycles. The summed E-state index contributed by atoms with van der Waals surface area (Å²) < 4.78 is 35.5. The first-order chi connectivity index (χ1) is 8.13. The summed E-state index contributed by atoms with van der Waals surface area (Å²) in [4.78, 5) is 4.69. The Bertz CT molecular complexity index is 372. The Kier molecular flexibility index (Phi) is 5.11. The van der Waals surface area contributed by atoms with Crippen LogP contribution in [-0.4, -0.2) is 21.3 Å². The number of ether oxygens (including phenoxy) is 2. The zero-order chi connectivity index (χ0) is 12.8. The van der Waals surface area contributed by atoms with E-state index in [-0.39, 0.29) is 17.9 Å². The predicted molar refractivity (Wildman–Crippen MR) is 58.4 cm³/mol. The molecule has 6 heteroatoms. The van der Waals surface area contributed by atoms with E-state index in [0.717, 1.165) is 0 Å². The lowest BCUT2D eigenvalue weighted by Crippen LogP contribution is -2.12. The van der Waals surface area contributed by atoms with Gasteiger partial charge in [0.25, 0.3) is 6.43 Å². The van der Waals surface area contributed by atoms with Crippen molar-refractivity contribution in [3.63, 3.8) is 0 Å². The molecule has 0 atom stereocenters. The fraction of sp³-hybridized carbons (Fsp3) is 0.455. The molecular weight excluding hydrogens is 232 g/mol. The van der Waals surface area contributed by atoms with Crippen molar-refractivity contribution in [2.45, 2.75) is 13.0 Å². The summed E-state index contributed by atoms with van der Waals surface area (Å²) in [7, 11) is 4.30. The Hall–Kier alpha value is -1.40. The van der Waals surface area contributed by atoms with Crippen molar-refractivity contribution in [2.24, 2.45) is 0 Å². The van der Waals surface area contributed by atoms with Crippen LogP contribution in [0.2, 0.25) is 0 Å². The molecule has 1 N–H and O–H groups in total. The van der Waals surface area contributed by atoms with Gasteiger partial charge in [-0.2, -0.15) is 5.48 Å². The molecule has 0 saturated carbocycles. The van der Waals surface area contributed by atoms with Gasteiger partial charge in [0.15, 0.2) is 11.5 Å². The van der Waals surface area contributed by atoms with Crippen LogP contribution >= 0.6 is 0 Å². The molecule has 0 unspecified atom stereocenters. The SMILES string of the molecule is CONCc1cc(C(F)F)cc(OC)c1OC. The molecule has 0 spiro atoms. The van der Waals surface area contributed by atoms with Crippen molar-refractivity contribution in [1.29, 1.82) is 0 Å². The normalized spacial score (nSPS) is 10.7. The molecule has 0 saturated heterocycles. The Morgan fingerprint density at radius 3 is 2.35 bits per heavy atom. The van der Waals surface area contributed by atoms with Gasteiger partial charge in [0, 0.05) is 17.7 Å². The maximum absolute atomic E-state index is 12.7. The summed E-state index contributed by atoms with van der Waals surface area (Å²) in [5, 5.41) is 0. The fourth-order valence-electron chi connectivity index (χ4n) is 1.47. The first kappa shape index (κ1) is 13.7. The minimum absolute atomic E-state index is 0.115. The Balaban J connectivity index is 3.17. The molecule has 4 nitrogen and oxygen atoms in total. The summed E-state index contributed by atoms with van der Waals surface area (Å²) in [6.45, 7) is 0.247. The summed E-state index contributed by atoms with van der Waals surface area (Å²) in [6, 6.07) is 2.62. The topological polar surface area (TPSA) is 39.7 Å². The second kappa shape index (κ2) is 6.36. The van der Waals surface area contributed by atoms with Crippen molar-refractivity contribution in [3.05, 3.63) is 23.3 Å². The maximum Gasteiger partial charge on any atom is 0.263 e. The van der Waals surface area contributed by atoms with E-state index in [0.29, 0.717) is 11.3 Å². The smallest absolute Gasteiger partial charge is 0.263 e. The molecule has 17 heavy (non-hydrogen) atoms. The highest BCUT2D eigenvalue weighted by Gasteiger charge is 2.16. The van der Waals surface area contributed by atoms with Gasteiger partial charge in [-0.3, -0.25) is 0 Å². The largest absolute Gasteiger partial charge is 0.493 e. The van der Waals surface area contributed by atoms with Crippen LogP contribution in [0.1, 0.15) is 17.6 Å². The van der Waals surface area contributed by atoms with Crippen LogP contribution in [0.15, 0.2) is 12.1 Å². The second-order valence-corrected chi connectivity index (χ2v) is 3.24. The first-order valence-electron chi connectivity index (χ1n) is 4.92. The lowest BCUT2D eigenvalue weighted by Gasteiger charge is -2.15. The van der Waals surface area contributed by atoms with Gasteiger partial charge in [0.2, 0.25) is 0 Å². The van der Waals surface area contributed by atoms with Crippen molar-refractivity contribution in [2.75, 3.05) is 21.3 Å². The summed E-state index contributed by atoms with van der Waals surface area (Å²) >= 11 is 0. The van der Waals surface area contributed by atoms with E-state index in [1.807, 2.05) is 0 Å². The highest BCUT2D eigenvalue weighted by atomic mass is 19.3. The van der Waals surface area contributed by atoms with Crippen molar-refractivity contribution in [3.8, 4) is 11.5 Å². The van der Waals surface area contributed by atoms with Crippen LogP contribution in [0, 0.1) is 0 Å². The number of alkyl halides is 2. The molecular formula is C11H15F2NO3. The number of rotatable bonds is 6. The summed E-state index contributed by atoms with van der Waals surface area (Å²) in [5.74, 6) is 0.694.